The lowest BCUT2D eigenvalue weighted by molar-refractivity contribution is -0.0705. The minimum Gasteiger partial charge on any atom is -0.492 e. The second kappa shape index (κ2) is 8.94. The van der Waals surface area contributed by atoms with Gasteiger partial charge in [-0.15, -0.1) is 0 Å². The van der Waals surface area contributed by atoms with Gasteiger partial charge in [0.1, 0.15) is 12.0 Å². The fraction of sp³-hybridized carbons (Fsp3) is 0.391. The molecule has 5 rings (SSSR count). The van der Waals surface area contributed by atoms with E-state index in [1.165, 1.54) is 28.6 Å². The molecule has 1 saturated heterocycles. The highest BCUT2D eigenvalue weighted by molar-refractivity contribution is 6.32. The van der Waals surface area contributed by atoms with Crippen LogP contribution < -0.4 is 10.4 Å². The quantitative estimate of drug-likeness (QED) is 0.428. The Labute approximate surface area is 199 Å². The van der Waals surface area contributed by atoms with E-state index in [1.807, 2.05) is 6.07 Å². The highest BCUT2D eigenvalue weighted by atomic mass is 35.5. The van der Waals surface area contributed by atoms with Crippen molar-refractivity contribution in [3.63, 3.8) is 0 Å². The Balaban J connectivity index is 1.57. The van der Waals surface area contributed by atoms with Crippen molar-refractivity contribution in [2.24, 2.45) is 0 Å². The minimum atomic E-state index is -0.603. The highest BCUT2D eigenvalue weighted by Crippen LogP contribution is 2.29. The minimum absolute atomic E-state index is 0.0381. The number of pyridine rings is 1. The van der Waals surface area contributed by atoms with Crippen LogP contribution in [0.2, 0.25) is 5.02 Å². The number of methoxy groups -OCH3 is 1. The number of morpholine rings is 1. The molecule has 9 nitrogen and oxygen atoms in total. The van der Waals surface area contributed by atoms with Crippen LogP contribution in [0.25, 0.3) is 16.7 Å². The van der Waals surface area contributed by atoms with E-state index in [-0.39, 0.29) is 29.5 Å². The Morgan fingerprint density at radius 2 is 1.88 bits per heavy atom. The summed E-state index contributed by atoms with van der Waals surface area (Å²) in [5.41, 5.74) is 1.91. The molecule has 0 N–H and O–H groups in total. The van der Waals surface area contributed by atoms with Crippen molar-refractivity contribution < 1.29 is 13.9 Å². The fourth-order valence-electron chi connectivity index (χ4n) is 4.63. The maximum absolute atomic E-state index is 14.4. The van der Waals surface area contributed by atoms with Crippen LogP contribution in [0.4, 0.5) is 4.39 Å². The molecule has 1 aromatic carbocycles. The summed E-state index contributed by atoms with van der Waals surface area (Å²) in [6.07, 6.45) is 3.41. The third kappa shape index (κ3) is 4.13. The average molecular weight is 487 g/mol. The molecule has 34 heavy (non-hydrogen) atoms. The summed E-state index contributed by atoms with van der Waals surface area (Å²) >= 11 is 6.16. The lowest BCUT2D eigenvalue weighted by Crippen LogP contribution is -2.44. The summed E-state index contributed by atoms with van der Waals surface area (Å²) in [6.45, 7) is 6.52. The molecule has 0 amide bonds. The summed E-state index contributed by atoms with van der Waals surface area (Å²) in [5.74, 6) is -0.641. The number of halogens is 2. The third-order valence-electron chi connectivity index (χ3n) is 5.88. The number of fused-ring (bicyclic) bond motifs is 3. The first-order valence-corrected chi connectivity index (χ1v) is 11.3. The number of hydrogen-bond acceptors (Lipinski definition) is 7. The van der Waals surface area contributed by atoms with Crippen LogP contribution in [0.15, 0.2) is 35.5 Å². The predicted octanol–water partition coefficient (Wildman–Crippen LogP) is 2.90. The zero-order chi connectivity index (χ0) is 24.0. The number of hydrogen-bond donors (Lipinski definition) is 0. The Morgan fingerprint density at radius 1 is 1.12 bits per heavy atom. The Kier molecular flexibility index (Phi) is 5.97. The van der Waals surface area contributed by atoms with Gasteiger partial charge in [-0.3, -0.25) is 9.47 Å². The number of nitrogens with zero attached hydrogens (tertiary/aromatic N) is 6. The lowest BCUT2D eigenvalue weighted by Gasteiger charge is -2.35. The molecule has 1 fully saturated rings. The van der Waals surface area contributed by atoms with Crippen molar-refractivity contribution >= 4 is 28.3 Å². The number of benzene rings is 1. The SMILES string of the molecule is COc1c(F)cc(Cn2c(=O)n3ncnc3c3cc(CN4C[C@@H](C)O[C@@H](C)C4)cnc32)cc1Cl. The van der Waals surface area contributed by atoms with Crippen LogP contribution in [0.3, 0.4) is 0 Å². The van der Waals surface area contributed by atoms with Gasteiger partial charge < -0.3 is 9.47 Å². The van der Waals surface area contributed by atoms with Crippen molar-refractivity contribution in [1.29, 1.82) is 0 Å². The number of ether oxygens (including phenoxy) is 2. The molecule has 0 bridgehead atoms. The zero-order valence-electron chi connectivity index (χ0n) is 19.0. The summed E-state index contributed by atoms with van der Waals surface area (Å²) in [5, 5.41) is 4.91. The molecule has 0 spiro atoms. The zero-order valence-corrected chi connectivity index (χ0v) is 19.8. The van der Waals surface area contributed by atoms with Crippen molar-refractivity contribution in [1.82, 2.24) is 29.0 Å². The monoisotopic (exact) mass is 486 g/mol. The smallest absolute Gasteiger partial charge is 0.352 e. The molecule has 3 aromatic heterocycles. The lowest BCUT2D eigenvalue weighted by atomic mass is 10.1. The fourth-order valence-corrected chi connectivity index (χ4v) is 4.94. The van der Waals surface area contributed by atoms with Gasteiger partial charge in [0.2, 0.25) is 0 Å². The van der Waals surface area contributed by atoms with Gasteiger partial charge >= 0.3 is 5.69 Å². The first kappa shape index (κ1) is 22.7. The van der Waals surface area contributed by atoms with E-state index in [0.29, 0.717) is 28.8 Å². The average Bonchev–Trinajstić information content (AvgIpc) is 3.26. The number of rotatable bonds is 5. The maximum atomic E-state index is 14.4. The molecule has 0 aliphatic carbocycles. The summed E-state index contributed by atoms with van der Waals surface area (Å²) in [7, 11) is 1.35. The summed E-state index contributed by atoms with van der Waals surface area (Å²) in [6, 6.07) is 4.85. The third-order valence-corrected chi connectivity index (χ3v) is 6.16. The summed E-state index contributed by atoms with van der Waals surface area (Å²) < 4.78 is 27.9. The molecule has 2 atom stereocenters. The van der Waals surface area contributed by atoms with Crippen LogP contribution in [-0.4, -0.2) is 61.5 Å². The van der Waals surface area contributed by atoms with Crippen molar-refractivity contribution in [3.8, 4) is 5.75 Å². The van der Waals surface area contributed by atoms with E-state index in [4.69, 9.17) is 21.1 Å². The van der Waals surface area contributed by atoms with E-state index in [0.717, 1.165) is 18.7 Å². The van der Waals surface area contributed by atoms with Crippen molar-refractivity contribution in [2.75, 3.05) is 20.2 Å². The predicted molar refractivity (Wildman–Crippen MR) is 125 cm³/mol. The van der Waals surface area contributed by atoms with Crippen molar-refractivity contribution in [2.45, 2.75) is 39.1 Å². The first-order chi connectivity index (χ1) is 16.3. The topological polar surface area (TPSA) is 86.8 Å². The number of aromatic nitrogens is 5. The van der Waals surface area contributed by atoms with E-state index in [9.17, 15) is 9.18 Å². The molecule has 4 aromatic rings. The maximum Gasteiger partial charge on any atom is 0.352 e. The van der Waals surface area contributed by atoms with Crippen LogP contribution in [0, 0.1) is 5.82 Å². The Hall–Kier alpha value is -3.08. The van der Waals surface area contributed by atoms with Crippen LogP contribution in [0.5, 0.6) is 5.75 Å². The highest BCUT2D eigenvalue weighted by Gasteiger charge is 2.23. The van der Waals surface area contributed by atoms with Gasteiger partial charge in [0.25, 0.3) is 0 Å². The van der Waals surface area contributed by atoms with Gasteiger partial charge in [-0.05, 0) is 43.2 Å². The largest absolute Gasteiger partial charge is 0.492 e. The van der Waals surface area contributed by atoms with E-state index >= 15 is 0 Å². The van der Waals surface area contributed by atoms with Gasteiger partial charge in [-0.25, -0.2) is 19.2 Å². The standard InChI is InChI=1S/C23H24ClFN6O3/c1-13-8-29(9-14(2)34-13)10-16-4-17-21(26-7-16)30(23(32)31-22(17)27-12-28-31)11-15-5-18(24)20(33-3)19(25)6-15/h4-7,12-14H,8-11H2,1-3H3/t13-,14+. The van der Waals surface area contributed by atoms with E-state index in [2.05, 4.69) is 33.8 Å². The first-order valence-electron chi connectivity index (χ1n) is 10.9. The van der Waals surface area contributed by atoms with E-state index in [1.54, 1.807) is 12.3 Å². The van der Waals surface area contributed by atoms with Gasteiger partial charge in [0.15, 0.2) is 17.2 Å². The molecule has 0 radical (unpaired) electrons. The molecular weight excluding hydrogens is 463 g/mol. The molecule has 11 heteroatoms. The second-order valence-electron chi connectivity index (χ2n) is 8.62. The Bertz CT molecular complexity index is 1400. The van der Waals surface area contributed by atoms with Gasteiger partial charge in [0, 0.05) is 25.8 Å². The van der Waals surface area contributed by atoms with Crippen LogP contribution >= 0.6 is 11.6 Å². The second-order valence-corrected chi connectivity index (χ2v) is 9.03. The molecule has 1 aliphatic heterocycles. The summed E-state index contributed by atoms with van der Waals surface area (Å²) in [4.78, 5) is 24.4. The normalized spacial score (nSPS) is 19.2. The van der Waals surface area contributed by atoms with E-state index < -0.39 is 11.5 Å². The Morgan fingerprint density at radius 3 is 2.59 bits per heavy atom. The molecular formula is C23H24ClFN6O3. The van der Waals surface area contributed by atoms with Crippen molar-refractivity contribution in [3.05, 3.63) is 63.2 Å². The van der Waals surface area contributed by atoms with Crippen LogP contribution in [0.1, 0.15) is 25.0 Å². The molecule has 1 aliphatic rings. The molecule has 4 heterocycles. The molecule has 0 unspecified atom stereocenters. The molecule has 0 saturated carbocycles. The van der Waals surface area contributed by atoms with Crippen LogP contribution in [-0.2, 0) is 17.8 Å². The van der Waals surface area contributed by atoms with Gasteiger partial charge in [-0.2, -0.15) is 9.61 Å². The molecule has 178 valence electrons. The van der Waals surface area contributed by atoms with Gasteiger partial charge in [-0.1, -0.05) is 11.6 Å². The van der Waals surface area contributed by atoms with Gasteiger partial charge in [0.05, 0.1) is 36.3 Å².